The Morgan fingerprint density at radius 2 is 2.31 bits per heavy atom. The first-order valence-corrected chi connectivity index (χ1v) is 7.00. The lowest BCUT2D eigenvalue weighted by molar-refractivity contribution is 0.374. The van der Waals surface area contributed by atoms with Crippen LogP contribution in [0.15, 0.2) is 11.6 Å². The standard InChI is InChI=1S/C14H26N2/c1-2-11-8-9-13(10-11)14(16-15)12-6-4-3-5-7-12/h6,11,13-14,16H,2-5,7-10,15H2,1H3. The van der Waals surface area contributed by atoms with Gasteiger partial charge in [0.2, 0.25) is 0 Å². The Balaban J connectivity index is 1.97. The zero-order valence-corrected chi connectivity index (χ0v) is 10.5. The van der Waals surface area contributed by atoms with Crippen LogP contribution in [0.3, 0.4) is 0 Å². The Hall–Kier alpha value is -0.340. The fraction of sp³-hybridized carbons (Fsp3) is 0.857. The van der Waals surface area contributed by atoms with Crippen molar-refractivity contribution in [3.63, 3.8) is 0 Å². The van der Waals surface area contributed by atoms with Crippen molar-refractivity contribution in [1.82, 2.24) is 5.43 Å². The van der Waals surface area contributed by atoms with Gasteiger partial charge in [0.15, 0.2) is 0 Å². The highest BCUT2D eigenvalue weighted by molar-refractivity contribution is 5.15. The first-order valence-electron chi connectivity index (χ1n) is 7.00. The van der Waals surface area contributed by atoms with Crippen molar-refractivity contribution in [2.24, 2.45) is 17.7 Å². The summed E-state index contributed by atoms with van der Waals surface area (Å²) in [5.41, 5.74) is 4.68. The summed E-state index contributed by atoms with van der Waals surface area (Å²) < 4.78 is 0. The molecular weight excluding hydrogens is 196 g/mol. The number of nitrogens with one attached hydrogen (secondary N) is 1. The van der Waals surface area contributed by atoms with Gasteiger partial charge < -0.3 is 0 Å². The van der Waals surface area contributed by atoms with Crippen molar-refractivity contribution in [2.45, 2.75) is 64.3 Å². The van der Waals surface area contributed by atoms with Gasteiger partial charge in [-0.2, -0.15) is 0 Å². The minimum atomic E-state index is 0.469. The fourth-order valence-corrected chi connectivity index (χ4v) is 3.48. The Morgan fingerprint density at radius 3 is 2.88 bits per heavy atom. The minimum Gasteiger partial charge on any atom is -0.271 e. The van der Waals surface area contributed by atoms with Crippen molar-refractivity contribution in [3.05, 3.63) is 11.6 Å². The van der Waals surface area contributed by atoms with Gasteiger partial charge in [0, 0.05) is 6.04 Å². The summed E-state index contributed by atoms with van der Waals surface area (Å²) >= 11 is 0. The van der Waals surface area contributed by atoms with Crippen LogP contribution >= 0.6 is 0 Å². The number of hydrogen-bond acceptors (Lipinski definition) is 2. The third-order valence-electron chi connectivity index (χ3n) is 4.54. The smallest absolute Gasteiger partial charge is 0.0448 e. The van der Waals surface area contributed by atoms with Crippen LogP contribution in [-0.2, 0) is 0 Å². The van der Waals surface area contributed by atoms with Gasteiger partial charge in [0.1, 0.15) is 0 Å². The number of rotatable bonds is 4. The molecule has 0 aromatic carbocycles. The van der Waals surface area contributed by atoms with E-state index in [1.165, 1.54) is 51.4 Å². The summed E-state index contributed by atoms with van der Waals surface area (Å²) in [5, 5.41) is 0. The molecule has 0 aromatic rings. The molecule has 16 heavy (non-hydrogen) atoms. The van der Waals surface area contributed by atoms with Crippen LogP contribution in [0.5, 0.6) is 0 Å². The van der Waals surface area contributed by atoms with E-state index in [4.69, 9.17) is 5.84 Å². The maximum absolute atomic E-state index is 5.78. The van der Waals surface area contributed by atoms with Crippen LogP contribution in [0.4, 0.5) is 0 Å². The third-order valence-corrected chi connectivity index (χ3v) is 4.54. The number of nitrogens with two attached hydrogens (primary N) is 1. The predicted octanol–water partition coefficient (Wildman–Crippen LogP) is 3.15. The van der Waals surface area contributed by atoms with Crippen molar-refractivity contribution in [3.8, 4) is 0 Å². The van der Waals surface area contributed by atoms with Gasteiger partial charge in [-0.05, 0) is 50.4 Å². The Kier molecular flexibility index (Phi) is 4.42. The van der Waals surface area contributed by atoms with Crippen LogP contribution in [0.25, 0.3) is 0 Å². The van der Waals surface area contributed by atoms with E-state index in [1.54, 1.807) is 5.57 Å². The summed E-state index contributed by atoms with van der Waals surface area (Å²) in [7, 11) is 0. The summed E-state index contributed by atoms with van der Waals surface area (Å²) in [6.07, 6.45) is 13.2. The van der Waals surface area contributed by atoms with E-state index < -0.39 is 0 Å². The van der Waals surface area contributed by atoms with E-state index >= 15 is 0 Å². The summed E-state index contributed by atoms with van der Waals surface area (Å²) in [4.78, 5) is 0. The van der Waals surface area contributed by atoms with Crippen LogP contribution in [0.2, 0.25) is 0 Å². The first kappa shape index (κ1) is 12.1. The largest absolute Gasteiger partial charge is 0.271 e. The van der Waals surface area contributed by atoms with Crippen molar-refractivity contribution in [2.75, 3.05) is 0 Å². The molecule has 3 atom stereocenters. The van der Waals surface area contributed by atoms with E-state index in [2.05, 4.69) is 18.4 Å². The van der Waals surface area contributed by atoms with Crippen LogP contribution in [0, 0.1) is 11.8 Å². The number of hydrogen-bond donors (Lipinski definition) is 2. The second kappa shape index (κ2) is 5.83. The normalized spacial score (nSPS) is 32.5. The van der Waals surface area contributed by atoms with Gasteiger partial charge in [-0.15, -0.1) is 0 Å². The summed E-state index contributed by atoms with van der Waals surface area (Å²) in [6, 6.07) is 0.469. The zero-order valence-electron chi connectivity index (χ0n) is 10.5. The SMILES string of the molecule is CCC1CCC(C(NN)C2=CCCCC2)C1. The number of allylic oxidation sites excluding steroid dienone is 1. The van der Waals surface area contributed by atoms with Crippen molar-refractivity contribution in [1.29, 1.82) is 0 Å². The molecule has 0 saturated heterocycles. The molecule has 2 heteroatoms. The second-order valence-corrected chi connectivity index (χ2v) is 5.52. The molecule has 2 rings (SSSR count). The average Bonchev–Trinajstić information content (AvgIpc) is 2.80. The Bertz CT molecular complexity index is 247. The minimum absolute atomic E-state index is 0.469. The van der Waals surface area contributed by atoms with Gasteiger partial charge in [0.05, 0.1) is 0 Å². The van der Waals surface area contributed by atoms with Crippen LogP contribution in [-0.4, -0.2) is 6.04 Å². The molecule has 2 aliphatic rings. The van der Waals surface area contributed by atoms with Gasteiger partial charge in [-0.3, -0.25) is 11.3 Å². The monoisotopic (exact) mass is 222 g/mol. The quantitative estimate of drug-likeness (QED) is 0.435. The molecule has 3 unspecified atom stereocenters. The molecule has 1 saturated carbocycles. The van der Waals surface area contributed by atoms with E-state index in [-0.39, 0.29) is 0 Å². The average molecular weight is 222 g/mol. The molecular formula is C14H26N2. The van der Waals surface area contributed by atoms with E-state index in [9.17, 15) is 0 Å². The lowest BCUT2D eigenvalue weighted by Crippen LogP contribution is -2.42. The maximum atomic E-state index is 5.78. The Labute approximate surface area is 99.6 Å². The lowest BCUT2D eigenvalue weighted by Gasteiger charge is -2.28. The fourth-order valence-electron chi connectivity index (χ4n) is 3.48. The summed E-state index contributed by atoms with van der Waals surface area (Å²) in [6.45, 7) is 2.32. The van der Waals surface area contributed by atoms with Gasteiger partial charge in [-0.25, -0.2) is 0 Å². The summed E-state index contributed by atoms with van der Waals surface area (Å²) in [5.74, 6) is 7.52. The first-order chi connectivity index (χ1) is 7.85. The molecule has 0 heterocycles. The van der Waals surface area contributed by atoms with Crippen molar-refractivity contribution >= 4 is 0 Å². The lowest BCUT2D eigenvalue weighted by atomic mass is 9.85. The molecule has 0 amide bonds. The molecule has 2 aliphatic carbocycles. The molecule has 3 N–H and O–H groups in total. The van der Waals surface area contributed by atoms with Crippen LogP contribution in [0.1, 0.15) is 58.3 Å². The Morgan fingerprint density at radius 1 is 1.44 bits per heavy atom. The van der Waals surface area contributed by atoms with Crippen molar-refractivity contribution < 1.29 is 0 Å². The molecule has 0 radical (unpaired) electrons. The van der Waals surface area contributed by atoms with E-state index in [1.807, 2.05) is 0 Å². The highest BCUT2D eigenvalue weighted by Gasteiger charge is 2.31. The van der Waals surface area contributed by atoms with Gasteiger partial charge in [-0.1, -0.05) is 31.4 Å². The molecule has 1 fully saturated rings. The molecule has 0 aromatic heterocycles. The molecule has 2 nitrogen and oxygen atoms in total. The third kappa shape index (κ3) is 2.67. The highest BCUT2D eigenvalue weighted by atomic mass is 15.2. The molecule has 0 spiro atoms. The second-order valence-electron chi connectivity index (χ2n) is 5.52. The van der Waals surface area contributed by atoms with E-state index in [0.29, 0.717) is 6.04 Å². The van der Waals surface area contributed by atoms with Gasteiger partial charge >= 0.3 is 0 Å². The molecule has 92 valence electrons. The highest BCUT2D eigenvalue weighted by Crippen LogP contribution is 2.38. The molecule has 0 aliphatic heterocycles. The topological polar surface area (TPSA) is 38.0 Å². The van der Waals surface area contributed by atoms with E-state index in [0.717, 1.165) is 11.8 Å². The molecule has 0 bridgehead atoms. The number of hydrazine groups is 1. The van der Waals surface area contributed by atoms with Crippen LogP contribution < -0.4 is 11.3 Å². The zero-order chi connectivity index (χ0) is 11.4. The van der Waals surface area contributed by atoms with Gasteiger partial charge in [0.25, 0.3) is 0 Å². The predicted molar refractivity (Wildman–Crippen MR) is 68.8 cm³/mol. The maximum Gasteiger partial charge on any atom is 0.0448 e.